The van der Waals surface area contributed by atoms with Crippen molar-refractivity contribution in [1.82, 2.24) is 0 Å². The van der Waals surface area contributed by atoms with E-state index in [4.69, 9.17) is 23.7 Å². The van der Waals surface area contributed by atoms with Gasteiger partial charge in [-0.25, -0.2) is 0 Å². The van der Waals surface area contributed by atoms with E-state index in [1.165, 1.54) is 26.9 Å². The van der Waals surface area contributed by atoms with Gasteiger partial charge in [0.25, 0.3) is 0 Å². The molecule has 158 valence electrons. The number of carbonyl (C=O) groups excluding carboxylic acids is 1. The van der Waals surface area contributed by atoms with E-state index in [2.05, 4.69) is 20.8 Å². The van der Waals surface area contributed by atoms with Gasteiger partial charge in [0.05, 0.1) is 27.8 Å². The monoisotopic (exact) mass is 402 g/mol. The quantitative estimate of drug-likeness (QED) is 0.463. The maximum atomic E-state index is 12.1. The van der Waals surface area contributed by atoms with Gasteiger partial charge in [0.2, 0.25) is 5.75 Å². The van der Waals surface area contributed by atoms with Gasteiger partial charge in [-0.2, -0.15) is 0 Å². The van der Waals surface area contributed by atoms with E-state index in [1.54, 1.807) is 12.1 Å². The molecule has 0 saturated heterocycles. The molecule has 0 aromatic heterocycles. The third-order valence-corrected chi connectivity index (χ3v) is 4.41. The lowest BCUT2D eigenvalue weighted by atomic mass is 9.87. The highest BCUT2D eigenvalue weighted by atomic mass is 16.6. The van der Waals surface area contributed by atoms with E-state index >= 15 is 0 Å². The van der Waals surface area contributed by atoms with Gasteiger partial charge < -0.3 is 23.7 Å². The van der Waals surface area contributed by atoms with Crippen LogP contribution in [0, 0.1) is 0 Å². The van der Waals surface area contributed by atoms with E-state index in [-0.39, 0.29) is 31.0 Å². The van der Waals surface area contributed by atoms with Crippen LogP contribution in [0.5, 0.6) is 23.0 Å². The minimum absolute atomic E-state index is 0.0942. The van der Waals surface area contributed by atoms with E-state index < -0.39 is 0 Å². The van der Waals surface area contributed by atoms with Crippen LogP contribution in [0.3, 0.4) is 0 Å². The van der Waals surface area contributed by atoms with Crippen LogP contribution in [0.4, 0.5) is 0 Å². The number of hydrogen-bond donors (Lipinski definition) is 0. The number of methoxy groups -OCH3 is 3. The Balaban J connectivity index is 1.84. The first-order chi connectivity index (χ1) is 13.8. The van der Waals surface area contributed by atoms with E-state index in [1.807, 2.05) is 24.3 Å². The molecule has 29 heavy (non-hydrogen) atoms. The summed E-state index contributed by atoms with van der Waals surface area (Å²) >= 11 is 0. The van der Waals surface area contributed by atoms with Crippen molar-refractivity contribution in [3.63, 3.8) is 0 Å². The second-order valence-electron chi connectivity index (χ2n) is 7.55. The highest BCUT2D eigenvalue weighted by Crippen LogP contribution is 2.38. The second-order valence-corrected chi connectivity index (χ2v) is 7.55. The molecule has 0 fully saturated rings. The van der Waals surface area contributed by atoms with Gasteiger partial charge in [0.15, 0.2) is 11.5 Å². The van der Waals surface area contributed by atoms with Crippen molar-refractivity contribution in [3.05, 3.63) is 47.5 Å². The zero-order chi connectivity index (χ0) is 21.4. The van der Waals surface area contributed by atoms with Crippen LogP contribution in [-0.4, -0.2) is 40.5 Å². The molecule has 2 aromatic rings. The van der Waals surface area contributed by atoms with Crippen LogP contribution < -0.4 is 18.9 Å². The molecule has 6 heteroatoms. The molecule has 2 aromatic carbocycles. The van der Waals surface area contributed by atoms with Gasteiger partial charge in [-0.3, -0.25) is 4.79 Å². The molecule has 0 saturated carbocycles. The first-order valence-corrected chi connectivity index (χ1v) is 9.46. The zero-order valence-electron chi connectivity index (χ0n) is 18.0. The fourth-order valence-electron chi connectivity index (χ4n) is 2.82. The van der Waals surface area contributed by atoms with Gasteiger partial charge in [-0.1, -0.05) is 32.9 Å². The molecule has 0 atom stereocenters. The van der Waals surface area contributed by atoms with Crippen molar-refractivity contribution in [2.75, 3.05) is 34.5 Å². The third kappa shape index (κ3) is 6.31. The number of carbonyl (C=O) groups is 1. The smallest absolute Gasteiger partial charge is 0.310 e. The van der Waals surface area contributed by atoms with Gasteiger partial charge in [-0.15, -0.1) is 0 Å². The SMILES string of the molecule is COc1cc(CC(=O)OCCOc2ccc(C(C)(C)C)cc2)cc(OC)c1OC. The summed E-state index contributed by atoms with van der Waals surface area (Å²) in [7, 11) is 4.60. The van der Waals surface area contributed by atoms with E-state index in [0.717, 1.165) is 5.75 Å². The molecule has 0 heterocycles. The molecular formula is C23H30O6. The van der Waals surface area contributed by atoms with Gasteiger partial charge in [0, 0.05) is 0 Å². The number of esters is 1. The standard InChI is InChI=1S/C23H30O6/c1-23(2,3)17-7-9-18(10-8-17)28-11-12-29-21(24)15-16-13-19(25-4)22(27-6)20(14-16)26-5/h7-10,13-14H,11-12,15H2,1-6H3. The molecular weight excluding hydrogens is 372 g/mol. The highest BCUT2D eigenvalue weighted by Gasteiger charge is 2.16. The summed E-state index contributed by atoms with van der Waals surface area (Å²) in [6.45, 7) is 6.95. The topological polar surface area (TPSA) is 63.2 Å². The van der Waals surface area contributed by atoms with Crippen LogP contribution in [0.2, 0.25) is 0 Å². The molecule has 0 radical (unpaired) electrons. The average molecular weight is 402 g/mol. The van der Waals surface area contributed by atoms with Crippen LogP contribution in [0.15, 0.2) is 36.4 Å². The molecule has 0 amide bonds. The van der Waals surface area contributed by atoms with Gasteiger partial charge >= 0.3 is 5.97 Å². The Hall–Kier alpha value is -2.89. The maximum Gasteiger partial charge on any atom is 0.310 e. The highest BCUT2D eigenvalue weighted by molar-refractivity contribution is 5.73. The van der Waals surface area contributed by atoms with Crippen LogP contribution in [0.1, 0.15) is 31.9 Å². The second kappa shape index (κ2) is 10.0. The largest absolute Gasteiger partial charge is 0.493 e. The number of benzene rings is 2. The van der Waals surface area contributed by atoms with E-state index in [0.29, 0.717) is 22.8 Å². The maximum absolute atomic E-state index is 12.1. The summed E-state index contributed by atoms with van der Waals surface area (Å²) in [6, 6.07) is 11.4. The lowest BCUT2D eigenvalue weighted by molar-refractivity contribution is -0.143. The first kappa shape index (κ1) is 22.4. The first-order valence-electron chi connectivity index (χ1n) is 9.46. The lowest BCUT2D eigenvalue weighted by Gasteiger charge is -2.19. The Morgan fingerprint density at radius 1 is 0.862 bits per heavy atom. The van der Waals surface area contributed by atoms with Gasteiger partial charge in [-0.05, 0) is 40.8 Å². The Morgan fingerprint density at radius 3 is 1.93 bits per heavy atom. The van der Waals surface area contributed by atoms with Crippen molar-refractivity contribution in [2.24, 2.45) is 0 Å². The van der Waals surface area contributed by atoms with Crippen molar-refractivity contribution >= 4 is 5.97 Å². The van der Waals surface area contributed by atoms with Crippen molar-refractivity contribution in [1.29, 1.82) is 0 Å². The molecule has 0 unspecified atom stereocenters. The van der Waals surface area contributed by atoms with Crippen LogP contribution in [0.25, 0.3) is 0 Å². The van der Waals surface area contributed by atoms with Crippen LogP contribution >= 0.6 is 0 Å². The fourth-order valence-corrected chi connectivity index (χ4v) is 2.82. The lowest BCUT2D eigenvalue weighted by Crippen LogP contribution is -2.14. The van der Waals surface area contributed by atoms with E-state index in [9.17, 15) is 4.79 Å². The number of ether oxygens (including phenoxy) is 5. The van der Waals surface area contributed by atoms with Crippen molar-refractivity contribution in [3.8, 4) is 23.0 Å². The fraction of sp³-hybridized carbons (Fsp3) is 0.435. The Morgan fingerprint density at radius 2 is 1.45 bits per heavy atom. The molecule has 0 aliphatic rings. The molecule has 6 nitrogen and oxygen atoms in total. The number of hydrogen-bond acceptors (Lipinski definition) is 6. The van der Waals surface area contributed by atoms with Gasteiger partial charge in [0.1, 0.15) is 19.0 Å². The third-order valence-electron chi connectivity index (χ3n) is 4.41. The molecule has 0 aliphatic heterocycles. The average Bonchev–Trinajstić information content (AvgIpc) is 2.70. The van der Waals surface area contributed by atoms with Crippen molar-refractivity contribution in [2.45, 2.75) is 32.6 Å². The summed E-state index contributed by atoms with van der Waals surface area (Å²) in [5.41, 5.74) is 2.05. The summed E-state index contributed by atoms with van der Waals surface area (Å²) < 4.78 is 26.8. The Bertz CT molecular complexity index is 780. The summed E-state index contributed by atoms with van der Waals surface area (Å²) in [6.07, 6.45) is 0.0942. The Kier molecular flexibility index (Phi) is 7.76. The van der Waals surface area contributed by atoms with Crippen molar-refractivity contribution < 1.29 is 28.5 Å². The predicted molar refractivity (Wildman–Crippen MR) is 111 cm³/mol. The molecule has 0 bridgehead atoms. The Labute approximate surface area is 172 Å². The summed E-state index contributed by atoms with van der Waals surface area (Å²) in [4.78, 5) is 12.1. The normalized spacial score (nSPS) is 11.0. The molecule has 2 rings (SSSR count). The minimum atomic E-state index is -0.356. The molecule has 0 aliphatic carbocycles. The van der Waals surface area contributed by atoms with Crippen LogP contribution in [-0.2, 0) is 21.4 Å². The summed E-state index contributed by atoms with van der Waals surface area (Å²) in [5, 5.41) is 0. The summed E-state index contributed by atoms with van der Waals surface area (Å²) in [5.74, 6) is 1.87. The predicted octanol–water partition coefficient (Wildman–Crippen LogP) is 4.17. The molecule has 0 spiro atoms. The minimum Gasteiger partial charge on any atom is -0.493 e. The number of rotatable bonds is 9. The molecule has 0 N–H and O–H groups in total. The zero-order valence-corrected chi connectivity index (χ0v) is 18.0.